The molecule has 0 aliphatic carbocycles. The van der Waals surface area contributed by atoms with E-state index >= 15 is 0 Å². The van der Waals surface area contributed by atoms with Crippen molar-refractivity contribution >= 4 is 22.8 Å². The van der Waals surface area contributed by atoms with Gasteiger partial charge >= 0.3 is 11.6 Å². The number of para-hydroxylation sites is 1. The maximum Gasteiger partial charge on any atom is 0.349 e. The zero-order chi connectivity index (χ0) is 18.5. The van der Waals surface area contributed by atoms with Gasteiger partial charge in [0.05, 0.1) is 26.3 Å². The molecule has 0 fully saturated rings. The first-order valence-corrected chi connectivity index (χ1v) is 8.00. The number of nitrogens with zero attached hydrogens (tertiary/aromatic N) is 1. The maximum absolute atomic E-state index is 12.9. The Morgan fingerprint density at radius 3 is 2.69 bits per heavy atom. The van der Waals surface area contributed by atoms with Crippen LogP contribution in [0.4, 0.5) is 0 Å². The van der Waals surface area contributed by atoms with Crippen LogP contribution in [0.3, 0.4) is 0 Å². The molecular weight excluding hydrogens is 338 g/mol. The van der Waals surface area contributed by atoms with Crippen molar-refractivity contribution in [2.45, 2.75) is 13.0 Å². The molecule has 0 aliphatic heterocycles. The first-order chi connectivity index (χ1) is 12.6. The summed E-state index contributed by atoms with van der Waals surface area (Å²) in [7, 11) is 1.28. The van der Waals surface area contributed by atoms with E-state index in [4.69, 9.17) is 8.83 Å². The largest absolute Gasteiger partial charge is 0.469 e. The molecule has 0 radical (unpaired) electrons. The molecular formula is C19H17NO6. The van der Waals surface area contributed by atoms with Crippen LogP contribution < -0.4 is 5.63 Å². The van der Waals surface area contributed by atoms with Crippen molar-refractivity contribution in [1.82, 2.24) is 4.90 Å². The lowest BCUT2D eigenvalue weighted by Crippen LogP contribution is -2.35. The molecule has 134 valence electrons. The number of benzene rings is 1. The van der Waals surface area contributed by atoms with Crippen LogP contribution in [0.25, 0.3) is 11.0 Å². The fraction of sp³-hybridized carbons (Fsp3) is 0.211. The van der Waals surface area contributed by atoms with Crippen molar-refractivity contribution in [3.05, 3.63) is 70.5 Å². The fourth-order valence-electron chi connectivity index (χ4n) is 2.55. The average molecular weight is 355 g/mol. The van der Waals surface area contributed by atoms with Crippen LogP contribution in [0.2, 0.25) is 0 Å². The van der Waals surface area contributed by atoms with Crippen molar-refractivity contribution in [2.75, 3.05) is 13.7 Å². The van der Waals surface area contributed by atoms with Crippen molar-refractivity contribution < 1.29 is 23.2 Å². The highest BCUT2D eigenvalue weighted by atomic mass is 16.5. The van der Waals surface area contributed by atoms with E-state index in [0.29, 0.717) is 16.7 Å². The number of rotatable bonds is 6. The summed E-state index contributed by atoms with van der Waals surface area (Å²) in [5.41, 5.74) is -0.419. The first-order valence-electron chi connectivity index (χ1n) is 8.00. The van der Waals surface area contributed by atoms with Crippen molar-refractivity contribution in [1.29, 1.82) is 0 Å². The van der Waals surface area contributed by atoms with E-state index in [1.807, 2.05) is 0 Å². The molecule has 3 rings (SSSR count). The Balaban J connectivity index is 1.91. The van der Waals surface area contributed by atoms with E-state index in [1.54, 1.807) is 36.4 Å². The van der Waals surface area contributed by atoms with Crippen molar-refractivity contribution in [2.24, 2.45) is 0 Å². The third kappa shape index (κ3) is 3.83. The monoisotopic (exact) mass is 355 g/mol. The molecule has 7 heteroatoms. The summed E-state index contributed by atoms with van der Waals surface area (Å²) in [6.45, 7) is 0.202. The van der Waals surface area contributed by atoms with E-state index in [0.717, 1.165) is 0 Å². The minimum atomic E-state index is -0.726. The van der Waals surface area contributed by atoms with Gasteiger partial charge in [0.2, 0.25) is 0 Å². The van der Waals surface area contributed by atoms with Crippen LogP contribution in [-0.2, 0) is 16.1 Å². The predicted molar refractivity (Wildman–Crippen MR) is 92.6 cm³/mol. The Hall–Kier alpha value is -3.35. The zero-order valence-corrected chi connectivity index (χ0v) is 14.1. The molecule has 0 bridgehead atoms. The van der Waals surface area contributed by atoms with Gasteiger partial charge in [-0.25, -0.2) is 4.79 Å². The number of amides is 1. The summed E-state index contributed by atoms with van der Waals surface area (Å²) >= 11 is 0. The number of carbonyl (C=O) groups is 2. The molecule has 26 heavy (non-hydrogen) atoms. The minimum Gasteiger partial charge on any atom is -0.469 e. The Morgan fingerprint density at radius 2 is 1.96 bits per heavy atom. The standard InChI is InChI=1S/C19H17NO6/c1-24-17(21)8-9-20(12-14-6-4-10-25-14)18(22)15-11-13-5-2-3-7-16(13)26-19(15)23/h2-7,10-11H,8-9,12H2,1H3. The van der Waals surface area contributed by atoms with Gasteiger partial charge in [-0.2, -0.15) is 0 Å². The van der Waals surface area contributed by atoms with Crippen molar-refractivity contribution in [3.8, 4) is 0 Å². The lowest BCUT2D eigenvalue weighted by atomic mass is 10.1. The van der Waals surface area contributed by atoms with Gasteiger partial charge in [-0.15, -0.1) is 0 Å². The molecule has 0 atom stereocenters. The van der Waals surface area contributed by atoms with E-state index in [2.05, 4.69) is 4.74 Å². The lowest BCUT2D eigenvalue weighted by molar-refractivity contribution is -0.140. The average Bonchev–Trinajstić information content (AvgIpc) is 3.16. The van der Waals surface area contributed by atoms with Gasteiger partial charge in [0.25, 0.3) is 5.91 Å². The van der Waals surface area contributed by atoms with Crippen molar-refractivity contribution in [3.63, 3.8) is 0 Å². The summed E-state index contributed by atoms with van der Waals surface area (Å²) in [5, 5.41) is 0.640. The summed E-state index contributed by atoms with van der Waals surface area (Å²) in [4.78, 5) is 38.0. The number of esters is 1. The quantitative estimate of drug-likeness (QED) is 0.499. The SMILES string of the molecule is COC(=O)CCN(Cc1ccco1)C(=O)c1cc2ccccc2oc1=O. The molecule has 3 aromatic rings. The van der Waals surface area contributed by atoms with Gasteiger partial charge in [0, 0.05) is 11.9 Å². The van der Waals surface area contributed by atoms with Crippen LogP contribution in [-0.4, -0.2) is 30.4 Å². The summed E-state index contributed by atoms with van der Waals surface area (Å²) in [6, 6.07) is 11.8. The minimum absolute atomic E-state index is 0.00185. The summed E-state index contributed by atoms with van der Waals surface area (Å²) in [6.07, 6.45) is 1.49. The molecule has 2 aromatic heterocycles. The van der Waals surface area contributed by atoms with Gasteiger partial charge < -0.3 is 18.5 Å². The Morgan fingerprint density at radius 1 is 1.15 bits per heavy atom. The molecule has 0 saturated carbocycles. The van der Waals surface area contributed by atoms with Crippen LogP contribution in [0.5, 0.6) is 0 Å². The summed E-state index contributed by atoms with van der Waals surface area (Å²) in [5.74, 6) is -0.453. The number of furan rings is 1. The zero-order valence-electron chi connectivity index (χ0n) is 14.1. The van der Waals surface area contributed by atoms with E-state index in [9.17, 15) is 14.4 Å². The predicted octanol–water partition coefficient (Wildman–Crippen LogP) is 2.59. The Kier molecular flexibility index (Phi) is 5.17. The molecule has 0 aliphatic rings. The highest BCUT2D eigenvalue weighted by molar-refractivity contribution is 5.96. The van der Waals surface area contributed by atoms with E-state index < -0.39 is 17.5 Å². The number of fused-ring (bicyclic) bond motifs is 1. The first kappa shape index (κ1) is 17.5. The van der Waals surface area contributed by atoms with E-state index in [-0.39, 0.29) is 25.1 Å². The smallest absolute Gasteiger partial charge is 0.349 e. The second-order valence-corrected chi connectivity index (χ2v) is 5.62. The van der Waals surface area contributed by atoms with Gasteiger partial charge in [-0.1, -0.05) is 18.2 Å². The Bertz CT molecular complexity index is 973. The fourth-order valence-corrected chi connectivity index (χ4v) is 2.55. The second kappa shape index (κ2) is 7.69. The normalized spacial score (nSPS) is 10.7. The molecule has 0 spiro atoms. The van der Waals surface area contributed by atoms with E-state index in [1.165, 1.54) is 24.3 Å². The highest BCUT2D eigenvalue weighted by Gasteiger charge is 2.22. The van der Waals surface area contributed by atoms with Crippen LogP contribution in [0.1, 0.15) is 22.5 Å². The van der Waals surface area contributed by atoms with Gasteiger partial charge in [0.1, 0.15) is 16.9 Å². The van der Waals surface area contributed by atoms with Crippen LogP contribution >= 0.6 is 0 Å². The number of carbonyl (C=O) groups excluding carboxylic acids is 2. The molecule has 1 amide bonds. The molecule has 0 N–H and O–H groups in total. The lowest BCUT2D eigenvalue weighted by Gasteiger charge is -2.20. The van der Waals surface area contributed by atoms with Gasteiger partial charge in [0.15, 0.2) is 0 Å². The third-order valence-electron chi connectivity index (χ3n) is 3.90. The molecule has 0 unspecified atom stereocenters. The molecule has 1 aromatic carbocycles. The van der Waals surface area contributed by atoms with Gasteiger partial charge in [-0.05, 0) is 24.3 Å². The third-order valence-corrected chi connectivity index (χ3v) is 3.90. The second-order valence-electron chi connectivity index (χ2n) is 5.62. The number of ether oxygens (including phenoxy) is 1. The van der Waals surface area contributed by atoms with Gasteiger partial charge in [-0.3, -0.25) is 9.59 Å². The number of methoxy groups -OCH3 is 1. The molecule has 0 saturated heterocycles. The number of hydrogen-bond acceptors (Lipinski definition) is 6. The molecule has 2 heterocycles. The highest BCUT2D eigenvalue weighted by Crippen LogP contribution is 2.15. The van der Waals surface area contributed by atoms with Crippen LogP contribution in [0, 0.1) is 0 Å². The maximum atomic E-state index is 12.9. The molecule has 7 nitrogen and oxygen atoms in total. The number of hydrogen-bond donors (Lipinski definition) is 0. The Labute approximate surface area is 148 Å². The summed E-state index contributed by atoms with van der Waals surface area (Å²) < 4.78 is 15.1. The van der Waals surface area contributed by atoms with Crippen LogP contribution in [0.15, 0.2) is 62.4 Å². The topological polar surface area (TPSA) is 90.0 Å².